The highest BCUT2D eigenvalue weighted by Crippen LogP contribution is 2.11. The summed E-state index contributed by atoms with van der Waals surface area (Å²) in [6, 6.07) is 9.91. The molecule has 0 heterocycles. The molecule has 0 saturated heterocycles. The maximum Gasteiger partial charge on any atom is 0.124 e. The molecule has 0 unspecified atom stereocenters. The van der Waals surface area contributed by atoms with Crippen molar-refractivity contribution >= 4 is 10.8 Å². The summed E-state index contributed by atoms with van der Waals surface area (Å²) in [5.74, 6) is 0.500. The van der Waals surface area contributed by atoms with Gasteiger partial charge in [-0.05, 0) is 18.4 Å². The van der Waals surface area contributed by atoms with Crippen molar-refractivity contribution in [3.05, 3.63) is 35.9 Å². The smallest absolute Gasteiger partial charge is 0.124 e. The van der Waals surface area contributed by atoms with Gasteiger partial charge in [0, 0.05) is 13.2 Å². The summed E-state index contributed by atoms with van der Waals surface area (Å²) >= 11 is 0. The average Bonchev–Trinajstić information content (AvgIpc) is 2.69. The Morgan fingerprint density at radius 1 is 0.704 bits per heavy atom. The number of aliphatic hydroxyl groups excluding tert-OH is 1. The lowest BCUT2D eigenvalue weighted by Crippen LogP contribution is -2.09. The quantitative estimate of drug-likeness (QED) is 0.327. The van der Waals surface area contributed by atoms with Gasteiger partial charge in [-0.25, -0.2) is 0 Å². The largest absolute Gasteiger partial charge is 0.396 e. The second kappa shape index (κ2) is 18.6. The summed E-state index contributed by atoms with van der Waals surface area (Å²) in [5.41, 5.74) is 1.09. The molecule has 5 heteroatoms. The molecule has 4 nitrogen and oxygen atoms in total. The summed E-state index contributed by atoms with van der Waals surface area (Å²) in [4.78, 5) is 0. The van der Waals surface area contributed by atoms with E-state index in [9.17, 15) is 4.21 Å². The molecule has 0 aliphatic rings. The van der Waals surface area contributed by atoms with Crippen LogP contribution in [0.1, 0.15) is 76.2 Å². The first-order valence-electron chi connectivity index (χ1n) is 10.5. The van der Waals surface area contributed by atoms with Gasteiger partial charge in [0.2, 0.25) is 0 Å². The van der Waals surface area contributed by atoms with Gasteiger partial charge in [-0.15, -0.1) is 0 Å². The molecule has 1 aromatic rings. The van der Waals surface area contributed by atoms with E-state index >= 15 is 0 Å². The standard InChI is InChI=1S/C22H38O4S/c23-17-13-8-6-4-2-1-3-5-7-9-14-18-25-20-27(24)21-26-19-22-15-11-10-12-16-22/h10-12,15-16,23H,1-9,13-14,17-21H2/t27-/m0/s1. The lowest BCUT2D eigenvalue weighted by molar-refractivity contribution is 0.152. The molecule has 156 valence electrons. The molecule has 0 fully saturated rings. The Bertz CT molecular complexity index is 453. The molecule has 0 aromatic heterocycles. The molecule has 27 heavy (non-hydrogen) atoms. The Kier molecular flexibility index (Phi) is 16.7. The van der Waals surface area contributed by atoms with E-state index in [1.54, 1.807) is 0 Å². The highest BCUT2D eigenvalue weighted by atomic mass is 32.2. The molecule has 0 saturated carbocycles. The molecular weight excluding hydrogens is 360 g/mol. The molecule has 0 bridgehead atoms. The van der Waals surface area contributed by atoms with Crippen LogP contribution in [0.3, 0.4) is 0 Å². The molecule has 1 rings (SSSR count). The summed E-state index contributed by atoms with van der Waals surface area (Å²) < 4.78 is 22.8. The van der Waals surface area contributed by atoms with Gasteiger partial charge in [-0.3, -0.25) is 4.21 Å². The first-order chi connectivity index (χ1) is 13.3. The van der Waals surface area contributed by atoms with E-state index in [2.05, 4.69) is 0 Å². The number of unbranched alkanes of at least 4 members (excludes halogenated alkanes) is 10. The predicted octanol–water partition coefficient (Wildman–Crippen LogP) is 5.17. The zero-order valence-corrected chi connectivity index (χ0v) is 17.6. The van der Waals surface area contributed by atoms with E-state index in [-0.39, 0.29) is 11.9 Å². The number of rotatable bonds is 19. The van der Waals surface area contributed by atoms with Crippen LogP contribution in [-0.2, 0) is 26.9 Å². The van der Waals surface area contributed by atoms with Gasteiger partial charge in [-0.2, -0.15) is 0 Å². The molecule has 0 aliphatic heterocycles. The lowest BCUT2D eigenvalue weighted by atomic mass is 10.1. The predicted molar refractivity (Wildman–Crippen MR) is 113 cm³/mol. The third kappa shape index (κ3) is 16.0. The van der Waals surface area contributed by atoms with Crippen LogP contribution >= 0.6 is 0 Å². The van der Waals surface area contributed by atoms with Crippen molar-refractivity contribution in [1.82, 2.24) is 0 Å². The fraction of sp³-hybridized carbons (Fsp3) is 0.727. The van der Waals surface area contributed by atoms with E-state index < -0.39 is 10.8 Å². The summed E-state index contributed by atoms with van der Waals surface area (Å²) in [5, 5.41) is 8.71. The molecule has 0 radical (unpaired) electrons. The van der Waals surface area contributed by atoms with Gasteiger partial charge in [-0.1, -0.05) is 88.1 Å². The maximum atomic E-state index is 11.8. The lowest BCUT2D eigenvalue weighted by Gasteiger charge is -2.06. The summed E-state index contributed by atoms with van der Waals surface area (Å²) in [6.45, 7) is 1.52. The topological polar surface area (TPSA) is 55.8 Å². The monoisotopic (exact) mass is 398 g/mol. The van der Waals surface area contributed by atoms with Crippen molar-refractivity contribution in [2.24, 2.45) is 0 Å². The van der Waals surface area contributed by atoms with E-state index in [0.29, 0.717) is 19.8 Å². The van der Waals surface area contributed by atoms with Gasteiger partial charge in [0.25, 0.3) is 0 Å². The van der Waals surface area contributed by atoms with Crippen molar-refractivity contribution in [3.63, 3.8) is 0 Å². The van der Waals surface area contributed by atoms with Gasteiger partial charge in [0.1, 0.15) is 11.9 Å². The highest BCUT2D eigenvalue weighted by Gasteiger charge is 2.01. The normalized spacial score (nSPS) is 12.3. The Morgan fingerprint density at radius 3 is 1.81 bits per heavy atom. The van der Waals surface area contributed by atoms with Crippen molar-refractivity contribution in [2.75, 3.05) is 25.1 Å². The second-order valence-corrected chi connectivity index (χ2v) is 8.38. The van der Waals surface area contributed by atoms with E-state index in [1.807, 2.05) is 30.3 Å². The second-order valence-electron chi connectivity index (χ2n) is 7.03. The first-order valence-corrected chi connectivity index (χ1v) is 12.0. The molecule has 0 spiro atoms. The van der Waals surface area contributed by atoms with Crippen molar-refractivity contribution in [1.29, 1.82) is 0 Å². The van der Waals surface area contributed by atoms with Gasteiger partial charge >= 0.3 is 0 Å². The zero-order valence-electron chi connectivity index (χ0n) is 16.8. The minimum Gasteiger partial charge on any atom is -0.396 e. The van der Waals surface area contributed by atoms with Crippen LogP contribution < -0.4 is 0 Å². The van der Waals surface area contributed by atoms with E-state index in [4.69, 9.17) is 14.6 Å². The molecule has 0 aliphatic carbocycles. The fourth-order valence-electron chi connectivity index (χ4n) is 2.92. The van der Waals surface area contributed by atoms with Crippen LogP contribution in [-0.4, -0.2) is 34.4 Å². The molecular formula is C22H38O4S. The first kappa shape index (κ1) is 24.3. The Balaban J connectivity index is 1.77. The van der Waals surface area contributed by atoms with Gasteiger partial charge in [0.05, 0.1) is 17.4 Å². The van der Waals surface area contributed by atoms with Crippen LogP contribution in [0.25, 0.3) is 0 Å². The minimum absolute atomic E-state index is 0.231. The van der Waals surface area contributed by atoms with Crippen molar-refractivity contribution < 1.29 is 18.8 Å². The number of hydrogen-bond donors (Lipinski definition) is 1. The Labute approximate surface area is 168 Å². The summed E-state index contributed by atoms with van der Waals surface area (Å²) in [7, 11) is -1.07. The minimum atomic E-state index is -1.07. The SMILES string of the molecule is O=[S@@](COCCCCCCCCCCCCCO)COCc1ccccc1. The molecule has 0 amide bonds. The zero-order chi connectivity index (χ0) is 19.4. The van der Waals surface area contributed by atoms with Gasteiger partial charge < -0.3 is 14.6 Å². The van der Waals surface area contributed by atoms with E-state index in [1.165, 1.54) is 57.8 Å². The van der Waals surface area contributed by atoms with Crippen molar-refractivity contribution in [2.45, 2.75) is 77.2 Å². The van der Waals surface area contributed by atoms with Crippen LogP contribution in [0.15, 0.2) is 30.3 Å². The van der Waals surface area contributed by atoms with Crippen LogP contribution in [0, 0.1) is 0 Å². The van der Waals surface area contributed by atoms with E-state index in [0.717, 1.165) is 18.4 Å². The Morgan fingerprint density at radius 2 is 1.22 bits per heavy atom. The third-order valence-corrected chi connectivity index (χ3v) is 5.35. The molecule has 1 atom stereocenters. The number of ether oxygens (including phenoxy) is 2. The van der Waals surface area contributed by atoms with Gasteiger partial charge in [0.15, 0.2) is 0 Å². The number of hydrogen-bond acceptors (Lipinski definition) is 4. The summed E-state index contributed by atoms with van der Waals surface area (Å²) in [6.07, 6.45) is 13.5. The van der Waals surface area contributed by atoms with Crippen LogP contribution in [0.5, 0.6) is 0 Å². The number of aliphatic hydroxyl groups is 1. The average molecular weight is 399 g/mol. The molecule has 1 aromatic carbocycles. The fourth-order valence-corrected chi connectivity index (χ4v) is 3.56. The van der Waals surface area contributed by atoms with Crippen LogP contribution in [0.4, 0.5) is 0 Å². The highest BCUT2D eigenvalue weighted by molar-refractivity contribution is 7.84. The Hall–Kier alpha value is -0.750. The molecule has 1 N–H and O–H groups in total. The maximum absolute atomic E-state index is 11.8. The third-order valence-electron chi connectivity index (χ3n) is 4.49. The van der Waals surface area contributed by atoms with Crippen molar-refractivity contribution in [3.8, 4) is 0 Å². The van der Waals surface area contributed by atoms with Crippen LogP contribution in [0.2, 0.25) is 0 Å². The number of benzene rings is 1.